The summed E-state index contributed by atoms with van der Waals surface area (Å²) in [6.07, 6.45) is 0.752. The van der Waals surface area contributed by atoms with Crippen molar-refractivity contribution in [3.05, 3.63) is 5.82 Å². The molecule has 0 atom stereocenters. The number of urea groups is 1. The molecule has 3 amide bonds. The standard InChI is InChI=1S/C10H16N6O4/c1-3-5-11-10(19)12-7(17)6-16-8(13-14-15-16)9(18)20-4-2/h3-6H2,1-2H3,(H2,11,12,17,19). The van der Waals surface area contributed by atoms with Gasteiger partial charge in [0.25, 0.3) is 5.82 Å². The molecule has 2 N–H and O–H groups in total. The molecule has 10 nitrogen and oxygen atoms in total. The summed E-state index contributed by atoms with van der Waals surface area (Å²) in [7, 11) is 0. The predicted octanol–water partition coefficient (Wildman–Crippen LogP) is -0.914. The Labute approximate surface area is 114 Å². The number of tetrazole rings is 1. The van der Waals surface area contributed by atoms with E-state index in [0.717, 1.165) is 11.1 Å². The van der Waals surface area contributed by atoms with Gasteiger partial charge in [0.1, 0.15) is 6.54 Å². The molecule has 0 radical (unpaired) electrons. The first-order valence-electron chi connectivity index (χ1n) is 6.09. The van der Waals surface area contributed by atoms with Gasteiger partial charge in [0.15, 0.2) is 0 Å². The number of hydrogen-bond acceptors (Lipinski definition) is 7. The monoisotopic (exact) mass is 284 g/mol. The number of nitrogens with one attached hydrogen (secondary N) is 2. The Morgan fingerprint density at radius 1 is 1.30 bits per heavy atom. The quantitative estimate of drug-likeness (QED) is 0.647. The molecule has 0 unspecified atom stereocenters. The van der Waals surface area contributed by atoms with E-state index in [1.807, 2.05) is 6.92 Å². The van der Waals surface area contributed by atoms with Gasteiger partial charge in [0, 0.05) is 6.54 Å². The van der Waals surface area contributed by atoms with Gasteiger partial charge in [-0.25, -0.2) is 14.3 Å². The van der Waals surface area contributed by atoms with Crippen LogP contribution in [0, 0.1) is 0 Å². The lowest BCUT2D eigenvalue weighted by Gasteiger charge is -2.06. The molecule has 1 heterocycles. The van der Waals surface area contributed by atoms with Crippen LogP contribution in [0.5, 0.6) is 0 Å². The maximum Gasteiger partial charge on any atom is 0.378 e. The minimum absolute atomic E-state index is 0.164. The third kappa shape index (κ3) is 4.63. The Morgan fingerprint density at radius 2 is 2.05 bits per heavy atom. The first-order valence-corrected chi connectivity index (χ1v) is 6.09. The molecule has 0 aliphatic heterocycles. The summed E-state index contributed by atoms with van der Waals surface area (Å²) in [6, 6.07) is -0.609. The largest absolute Gasteiger partial charge is 0.460 e. The first kappa shape index (κ1) is 15.5. The second-order valence-corrected chi connectivity index (χ2v) is 3.68. The molecular weight excluding hydrogens is 268 g/mol. The maximum atomic E-state index is 11.6. The van der Waals surface area contributed by atoms with E-state index in [1.54, 1.807) is 6.92 Å². The Hall–Kier alpha value is -2.52. The zero-order chi connectivity index (χ0) is 15.0. The van der Waals surface area contributed by atoms with Crippen molar-refractivity contribution >= 4 is 17.9 Å². The number of hydrogen-bond donors (Lipinski definition) is 2. The summed E-state index contributed by atoms with van der Waals surface area (Å²) in [5.41, 5.74) is 0. The molecule has 20 heavy (non-hydrogen) atoms. The number of carbonyl (C=O) groups is 3. The molecule has 0 aliphatic rings. The van der Waals surface area contributed by atoms with E-state index in [-0.39, 0.29) is 19.0 Å². The fourth-order valence-electron chi connectivity index (χ4n) is 1.24. The lowest BCUT2D eigenvalue weighted by atomic mass is 10.5. The van der Waals surface area contributed by atoms with Crippen LogP contribution in [0.15, 0.2) is 0 Å². The van der Waals surface area contributed by atoms with Gasteiger partial charge in [-0.1, -0.05) is 6.92 Å². The number of imide groups is 1. The molecule has 1 rings (SSSR count). The Morgan fingerprint density at radius 3 is 2.70 bits per heavy atom. The van der Waals surface area contributed by atoms with Crippen molar-refractivity contribution in [2.75, 3.05) is 13.2 Å². The van der Waals surface area contributed by atoms with E-state index in [9.17, 15) is 14.4 Å². The van der Waals surface area contributed by atoms with E-state index in [0.29, 0.717) is 6.54 Å². The van der Waals surface area contributed by atoms with Gasteiger partial charge in [-0.2, -0.15) is 0 Å². The SMILES string of the molecule is CCCNC(=O)NC(=O)Cn1nnnc1C(=O)OCC. The van der Waals surface area contributed by atoms with E-state index < -0.39 is 17.9 Å². The number of ether oxygens (including phenoxy) is 1. The lowest BCUT2D eigenvalue weighted by molar-refractivity contribution is -0.120. The minimum Gasteiger partial charge on any atom is -0.460 e. The number of carbonyl (C=O) groups excluding carboxylic acids is 3. The van der Waals surface area contributed by atoms with Crippen LogP contribution in [0.2, 0.25) is 0 Å². The third-order valence-corrected chi connectivity index (χ3v) is 2.07. The lowest BCUT2D eigenvalue weighted by Crippen LogP contribution is -2.41. The molecule has 0 saturated carbocycles. The van der Waals surface area contributed by atoms with Crippen LogP contribution >= 0.6 is 0 Å². The van der Waals surface area contributed by atoms with Gasteiger partial charge in [-0.3, -0.25) is 10.1 Å². The Kier molecular flexibility index (Phi) is 6.07. The molecule has 0 fully saturated rings. The maximum absolute atomic E-state index is 11.6. The van der Waals surface area contributed by atoms with Gasteiger partial charge in [0.05, 0.1) is 6.61 Å². The fraction of sp³-hybridized carbons (Fsp3) is 0.600. The summed E-state index contributed by atoms with van der Waals surface area (Å²) in [5, 5.41) is 14.8. The second kappa shape index (κ2) is 7.81. The molecule has 0 aliphatic carbocycles. The van der Waals surface area contributed by atoms with Crippen LogP contribution in [-0.4, -0.2) is 51.3 Å². The number of esters is 1. The molecule has 0 bridgehead atoms. The number of nitrogens with zero attached hydrogens (tertiary/aromatic N) is 4. The summed E-state index contributed by atoms with van der Waals surface area (Å²) < 4.78 is 5.69. The minimum atomic E-state index is -0.735. The molecule has 1 aromatic rings. The van der Waals surface area contributed by atoms with Crippen LogP contribution in [0.4, 0.5) is 4.79 Å². The number of rotatable bonds is 6. The smallest absolute Gasteiger partial charge is 0.378 e. The Bertz CT molecular complexity index is 486. The van der Waals surface area contributed by atoms with Gasteiger partial charge in [-0.15, -0.1) is 5.10 Å². The summed E-state index contributed by atoms with van der Waals surface area (Å²) in [6.45, 7) is 3.78. The van der Waals surface area contributed by atoms with Crippen molar-refractivity contribution < 1.29 is 19.1 Å². The molecule has 0 spiro atoms. The third-order valence-electron chi connectivity index (χ3n) is 2.07. The van der Waals surface area contributed by atoms with E-state index in [2.05, 4.69) is 26.2 Å². The highest BCUT2D eigenvalue weighted by Crippen LogP contribution is 1.95. The summed E-state index contributed by atoms with van der Waals surface area (Å²) >= 11 is 0. The average molecular weight is 284 g/mol. The van der Waals surface area contributed by atoms with Crippen LogP contribution < -0.4 is 10.6 Å². The van der Waals surface area contributed by atoms with Gasteiger partial charge in [0.2, 0.25) is 5.91 Å². The van der Waals surface area contributed by atoms with Crippen molar-refractivity contribution in [1.29, 1.82) is 0 Å². The topological polar surface area (TPSA) is 128 Å². The van der Waals surface area contributed by atoms with Crippen molar-refractivity contribution in [2.45, 2.75) is 26.8 Å². The molecule has 0 aromatic carbocycles. The zero-order valence-corrected chi connectivity index (χ0v) is 11.3. The summed E-state index contributed by atoms with van der Waals surface area (Å²) in [5.74, 6) is -1.58. The van der Waals surface area contributed by atoms with Gasteiger partial charge < -0.3 is 10.1 Å². The number of amides is 3. The van der Waals surface area contributed by atoms with Crippen molar-refractivity contribution in [3.63, 3.8) is 0 Å². The van der Waals surface area contributed by atoms with Crippen LogP contribution in [0.25, 0.3) is 0 Å². The predicted molar refractivity (Wildman–Crippen MR) is 65.6 cm³/mol. The zero-order valence-electron chi connectivity index (χ0n) is 11.3. The van der Waals surface area contributed by atoms with Gasteiger partial charge >= 0.3 is 12.0 Å². The van der Waals surface area contributed by atoms with Crippen LogP contribution in [0.1, 0.15) is 30.9 Å². The van der Waals surface area contributed by atoms with E-state index >= 15 is 0 Å². The second-order valence-electron chi connectivity index (χ2n) is 3.68. The summed E-state index contributed by atoms with van der Waals surface area (Å²) in [4.78, 5) is 34.3. The molecule has 10 heteroatoms. The Balaban J connectivity index is 2.56. The van der Waals surface area contributed by atoms with Gasteiger partial charge in [-0.05, 0) is 23.8 Å². The normalized spacial score (nSPS) is 9.90. The van der Waals surface area contributed by atoms with Crippen molar-refractivity contribution in [1.82, 2.24) is 30.8 Å². The molecular formula is C10H16N6O4. The van der Waals surface area contributed by atoms with Crippen LogP contribution in [-0.2, 0) is 16.1 Å². The first-order chi connectivity index (χ1) is 9.58. The molecule has 110 valence electrons. The molecule has 0 saturated heterocycles. The highest BCUT2D eigenvalue weighted by atomic mass is 16.5. The van der Waals surface area contributed by atoms with E-state index in [4.69, 9.17) is 4.74 Å². The fourth-order valence-corrected chi connectivity index (χ4v) is 1.24. The van der Waals surface area contributed by atoms with Crippen LogP contribution in [0.3, 0.4) is 0 Å². The van der Waals surface area contributed by atoms with E-state index in [1.165, 1.54) is 0 Å². The highest BCUT2D eigenvalue weighted by Gasteiger charge is 2.19. The highest BCUT2D eigenvalue weighted by molar-refractivity contribution is 5.94. The average Bonchev–Trinajstić information content (AvgIpc) is 2.84. The van der Waals surface area contributed by atoms with Crippen molar-refractivity contribution in [3.8, 4) is 0 Å². The number of aromatic nitrogens is 4. The molecule has 1 aromatic heterocycles. The van der Waals surface area contributed by atoms with Crippen molar-refractivity contribution in [2.24, 2.45) is 0 Å².